The maximum Gasteiger partial charge on any atom is 0.279 e. The normalized spacial score (nSPS) is 10.6. The molecule has 2 heterocycles. The van der Waals surface area contributed by atoms with Gasteiger partial charge in [-0.2, -0.15) is 15.4 Å². The molecule has 0 aliphatic carbocycles. The summed E-state index contributed by atoms with van der Waals surface area (Å²) in [6.45, 7) is 0. The zero-order chi connectivity index (χ0) is 13.2. The first-order valence-electron chi connectivity index (χ1n) is 5.38. The molecule has 0 aliphatic rings. The molecule has 96 valence electrons. The number of thiazole rings is 1. The SMILES string of the molecule is COc1ccc2nc(NC(=O)c3cn[nH]n3)sc2c1. The molecule has 0 atom stereocenters. The zero-order valence-corrected chi connectivity index (χ0v) is 10.7. The number of ether oxygens (including phenoxy) is 1. The van der Waals surface area contributed by atoms with Crippen molar-refractivity contribution >= 4 is 32.6 Å². The molecule has 0 radical (unpaired) electrons. The van der Waals surface area contributed by atoms with Gasteiger partial charge in [0.1, 0.15) is 5.75 Å². The standard InChI is InChI=1S/C11H9N5O2S/c1-18-6-2-3-7-9(4-6)19-11(13-7)14-10(17)8-5-12-16-15-8/h2-5H,1H3,(H,12,15,16)(H,13,14,17). The molecule has 2 aromatic heterocycles. The van der Waals surface area contributed by atoms with Crippen LogP contribution in [0, 0.1) is 0 Å². The van der Waals surface area contributed by atoms with Gasteiger partial charge < -0.3 is 4.74 Å². The number of H-pyrrole nitrogens is 1. The van der Waals surface area contributed by atoms with Crippen LogP contribution in [0.2, 0.25) is 0 Å². The minimum Gasteiger partial charge on any atom is -0.497 e. The Morgan fingerprint density at radius 2 is 2.37 bits per heavy atom. The van der Waals surface area contributed by atoms with Crippen LogP contribution >= 0.6 is 11.3 Å². The van der Waals surface area contributed by atoms with E-state index >= 15 is 0 Å². The number of aromatic nitrogens is 4. The number of nitrogens with zero attached hydrogens (tertiary/aromatic N) is 3. The highest BCUT2D eigenvalue weighted by Gasteiger charge is 2.12. The van der Waals surface area contributed by atoms with Crippen LogP contribution in [-0.4, -0.2) is 33.4 Å². The lowest BCUT2D eigenvalue weighted by molar-refractivity contribution is 0.102. The van der Waals surface area contributed by atoms with E-state index in [4.69, 9.17) is 4.74 Å². The molecule has 3 aromatic rings. The molecule has 0 unspecified atom stereocenters. The van der Waals surface area contributed by atoms with Gasteiger partial charge in [0.25, 0.3) is 5.91 Å². The first-order chi connectivity index (χ1) is 9.26. The van der Waals surface area contributed by atoms with Gasteiger partial charge in [-0.3, -0.25) is 10.1 Å². The third-order valence-corrected chi connectivity index (χ3v) is 3.40. The highest BCUT2D eigenvalue weighted by Crippen LogP contribution is 2.29. The molecule has 0 spiro atoms. The van der Waals surface area contributed by atoms with Crippen molar-refractivity contribution in [2.24, 2.45) is 0 Å². The third-order valence-electron chi connectivity index (χ3n) is 2.46. The van der Waals surface area contributed by atoms with E-state index in [1.165, 1.54) is 17.5 Å². The molecule has 7 nitrogen and oxygen atoms in total. The van der Waals surface area contributed by atoms with Crippen molar-refractivity contribution in [2.75, 3.05) is 12.4 Å². The lowest BCUT2D eigenvalue weighted by Gasteiger charge is -1.96. The third kappa shape index (κ3) is 2.25. The lowest BCUT2D eigenvalue weighted by Crippen LogP contribution is -2.11. The molecule has 2 N–H and O–H groups in total. The van der Waals surface area contributed by atoms with Gasteiger partial charge in [-0.25, -0.2) is 4.98 Å². The number of rotatable bonds is 3. The van der Waals surface area contributed by atoms with Gasteiger partial charge >= 0.3 is 0 Å². The summed E-state index contributed by atoms with van der Waals surface area (Å²) < 4.78 is 6.08. The summed E-state index contributed by atoms with van der Waals surface area (Å²) in [4.78, 5) is 16.1. The summed E-state index contributed by atoms with van der Waals surface area (Å²) in [6, 6.07) is 5.54. The van der Waals surface area contributed by atoms with E-state index in [1.807, 2.05) is 18.2 Å². The Labute approximate surface area is 111 Å². The molecule has 1 aromatic carbocycles. The van der Waals surface area contributed by atoms with Crippen molar-refractivity contribution in [2.45, 2.75) is 0 Å². The number of aromatic amines is 1. The van der Waals surface area contributed by atoms with Crippen LogP contribution in [0.25, 0.3) is 10.2 Å². The Hall–Kier alpha value is -2.48. The van der Waals surface area contributed by atoms with E-state index in [1.54, 1.807) is 7.11 Å². The van der Waals surface area contributed by atoms with Gasteiger partial charge in [-0.15, -0.1) is 0 Å². The Balaban J connectivity index is 1.87. The number of anilines is 1. The number of carbonyl (C=O) groups excluding carboxylic acids is 1. The Morgan fingerprint density at radius 1 is 1.47 bits per heavy atom. The molecule has 19 heavy (non-hydrogen) atoms. The fourth-order valence-electron chi connectivity index (χ4n) is 1.56. The molecule has 8 heteroatoms. The summed E-state index contributed by atoms with van der Waals surface area (Å²) >= 11 is 1.37. The van der Waals surface area contributed by atoms with E-state index in [0.29, 0.717) is 5.13 Å². The van der Waals surface area contributed by atoms with Gasteiger partial charge in [-0.1, -0.05) is 11.3 Å². The number of hydrogen-bond donors (Lipinski definition) is 2. The van der Waals surface area contributed by atoms with Crippen LogP contribution in [-0.2, 0) is 0 Å². The average molecular weight is 275 g/mol. The Bertz CT molecular complexity index is 722. The number of benzene rings is 1. The van der Waals surface area contributed by atoms with Crippen molar-refractivity contribution in [3.05, 3.63) is 30.1 Å². The van der Waals surface area contributed by atoms with E-state index in [9.17, 15) is 4.79 Å². The van der Waals surface area contributed by atoms with Crippen molar-refractivity contribution < 1.29 is 9.53 Å². The molecule has 0 fully saturated rings. The van der Waals surface area contributed by atoms with Gasteiger partial charge in [0.05, 0.1) is 23.5 Å². The number of nitrogens with one attached hydrogen (secondary N) is 2. The maximum atomic E-state index is 11.8. The highest BCUT2D eigenvalue weighted by atomic mass is 32.1. The average Bonchev–Trinajstić information content (AvgIpc) is 3.06. The number of fused-ring (bicyclic) bond motifs is 1. The summed E-state index contributed by atoms with van der Waals surface area (Å²) in [6.07, 6.45) is 1.35. The van der Waals surface area contributed by atoms with Crippen molar-refractivity contribution in [1.82, 2.24) is 20.4 Å². The van der Waals surface area contributed by atoms with Crippen molar-refractivity contribution in [3.8, 4) is 5.75 Å². The fraction of sp³-hybridized carbons (Fsp3) is 0.0909. The summed E-state index contributed by atoms with van der Waals surface area (Å²) in [5.41, 5.74) is 1.03. The van der Waals surface area contributed by atoms with Gasteiger partial charge in [0.2, 0.25) is 0 Å². The van der Waals surface area contributed by atoms with Crippen LogP contribution in [0.1, 0.15) is 10.5 Å². The highest BCUT2D eigenvalue weighted by molar-refractivity contribution is 7.22. The predicted octanol–water partition coefficient (Wildman–Crippen LogP) is 1.68. The lowest BCUT2D eigenvalue weighted by atomic mass is 10.3. The predicted molar refractivity (Wildman–Crippen MR) is 70.5 cm³/mol. The summed E-state index contributed by atoms with van der Waals surface area (Å²) in [7, 11) is 1.61. The molecule has 3 rings (SSSR count). The fourth-order valence-corrected chi connectivity index (χ4v) is 2.45. The summed E-state index contributed by atoms with van der Waals surface area (Å²) in [5.74, 6) is 0.408. The van der Waals surface area contributed by atoms with Crippen molar-refractivity contribution in [3.63, 3.8) is 0 Å². The van der Waals surface area contributed by atoms with Crippen LogP contribution in [0.5, 0.6) is 5.75 Å². The van der Waals surface area contributed by atoms with Crippen molar-refractivity contribution in [1.29, 1.82) is 0 Å². The monoisotopic (exact) mass is 275 g/mol. The van der Waals surface area contributed by atoms with E-state index in [-0.39, 0.29) is 11.6 Å². The minimum absolute atomic E-state index is 0.219. The first-order valence-corrected chi connectivity index (χ1v) is 6.19. The summed E-state index contributed by atoms with van der Waals surface area (Å²) in [5, 5.41) is 12.9. The molecule has 0 aliphatic heterocycles. The maximum absolute atomic E-state index is 11.8. The smallest absolute Gasteiger partial charge is 0.279 e. The number of methoxy groups -OCH3 is 1. The number of hydrogen-bond acceptors (Lipinski definition) is 6. The second kappa shape index (κ2) is 4.65. The largest absolute Gasteiger partial charge is 0.497 e. The molecule has 0 bridgehead atoms. The van der Waals surface area contributed by atoms with Gasteiger partial charge in [0, 0.05) is 0 Å². The van der Waals surface area contributed by atoms with Crippen LogP contribution < -0.4 is 10.1 Å². The molecular formula is C11H9N5O2S. The zero-order valence-electron chi connectivity index (χ0n) is 9.88. The van der Waals surface area contributed by atoms with Gasteiger partial charge in [-0.05, 0) is 18.2 Å². The van der Waals surface area contributed by atoms with Crippen LogP contribution in [0.3, 0.4) is 0 Å². The number of carbonyl (C=O) groups is 1. The van der Waals surface area contributed by atoms with Crippen LogP contribution in [0.15, 0.2) is 24.4 Å². The van der Waals surface area contributed by atoms with E-state index in [0.717, 1.165) is 16.0 Å². The van der Waals surface area contributed by atoms with E-state index < -0.39 is 0 Å². The second-order valence-corrected chi connectivity index (χ2v) is 4.69. The topological polar surface area (TPSA) is 92.8 Å². The van der Waals surface area contributed by atoms with E-state index in [2.05, 4.69) is 25.7 Å². The molecular weight excluding hydrogens is 266 g/mol. The number of amides is 1. The minimum atomic E-state index is -0.347. The van der Waals surface area contributed by atoms with Gasteiger partial charge in [0.15, 0.2) is 10.8 Å². The second-order valence-electron chi connectivity index (χ2n) is 3.66. The first kappa shape index (κ1) is 11.6. The molecule has 1 amide bonds. The van der Waals surface area contributed by atoms with Crippen LogP contribution in [0.4, 0.5) is 5.13 Å². The Kier molecular flexibility index (Phi) is 2.84. The Morgan fingerprint density at radius 3 is 3.11 bits per heavy atom. The molecule has 0 saturated heterocycles. The molecule has 0 saturated carbocycles. The quantitative estimate of drug-likeness (QED) is 0.758.